The Kier molecular flexibility index (Phi) is 4.11. The lowest BCUT2D eigenvalue weighted by atomic mass is 10.0. The first-order valence-electron chi connectivity index (χ1n) is 7.40. The third kappa shape index (κ3) is 3.03. The Labute approximate surface area is 125 Å². The Morgan fingerprint density at radius 1 is 1.19 bits per heavy atom. The summed E-state index contributed by atoms with van der Waals surface area (Å²) in [7, 11) is 0. The maximum Gasteiger partial charge on any atom is 0.123 e. The zero-order valence-corrected chi connectivity index (χ0v) is 12.2. The van der Waals surface area contributed by atoms with Crippen LogP contribution in [0, 0.1) is 0 Å². The van der Waals surface area contributed by atoms with Crippen LogP contribution >= 0.6 is 0 Å². The topological polar surface area (TPSA) is 38.7 Å². The van der Waals surface area contributed by atoms with E-state index in [9.17, 15) is 5.11 Å². The number of fused-ring (bicyclic) bond motifs is 1. The summed E-state index contributed by atoms with van der Waals surface area (Å²) < 4.78 is 11.5. The van der Waals surface area contributed by atoms with Crippen molar-refractivity contribution in [2.75, 3.05) is 13.2 Å². The van der Waals surface area contributed by atoms with Crippen molar-refractivity contribution in [2.45, 2.75) is 25.4 Å². The van der Waals surface area contributed by atoms with Crippen molar-refractivity contribution >= 4 is 0 Å². The minimum absolute atomic E-state index is 0.280. The predicted molar refractivity (Wildman–Crippen MR) is 81.9 cm³/mol. The lowest BCUT2D eigenvalue weighted by Gasteiger charge is -2.13. The predicted octanol–water partition coefficient (Wildman–Crippen LogP) is 3.69. The Balaban J connectivity index is 1.61. The average Bonchev–Trinajstić information content (AvgIpc) is 2.96. The Bertz CT molecular complexity index is 592. The molecule has 0 spiro atoms. The van der Waals surface area contributed by atoms with Gasteiger partial charge in [0.1, 0.15) is 11.5 Å². The molecule has 1 N–H and O–H groups in total. The summed E-state index contributed by atoms with van der Waals surface area (Å²) in [6.45, 7) is 3.24. The first kappa shape index (κ1) is 14.0. The highest BCUT2D eigenvalue weighted by Crippen LogP contribution is 2.33. The summed E-state index contributed by atoms with van der Waals surface area (Å²) in [6, 6.07) is 15.8. The molecule has 0 amide bonds. The highest BCUT2D eigenvalue weighted by atomic mass is 16.5. The van der Waals surface area contributed by atoms with Crippen molar-refractivity contribution in [2.24, 2.45) is 0 Å². The Morgan fingerprint density at radius 2 is 1.95 bits per heavy atom. The number of hydrogen-bond donors (Lipinski definition) is 1. The van der Waals surface area contributed by atoms with Crippen LogP contribution in [0.15, 0.2) is 48.5 Å². The van der Waals surface area contributed by atoms with Crippen LogP contribution in [0.5, 0.6) is 11.5 Å². The minimum atomic E-state index is -0.394. The van der Waals surface area contributed by atoms with Gasteiger partial charge in [0.2, 0.25) is 0 Å². The molecule has 3 rings (SSSR count). The quantitative estimate of drug-likeness (QED) is 0.910. The normalized spacial score (nSPS) is 17.9. The fourth-order valence-electron chi connectivity index (χ4n) is 2.59. The van der Waals surface area contributed by atoms with Crippen LogP contribution in [-0.4, -0.2) is 18.3 Å². The molecule has 3 nitrogen and oxygen atoms in total. The van der Waals surface area contributed by atoms with Crippen LogP contribution in [0.1, 0.15) is 36.5 Å². The van der Waals surface area contributed by atoms with Crippen LogP contribution < -0.4 is 9.47 Å². The summed E-state index contributed by atoms with van der Waals surface area (Å²) in [4.78, 5) is 0. The fourth-order valence-corrected chi connectivity index (χ4v) is 2.59. The summed E-state index contributed by atoms with van der Waals surface area (Å²) in [5.41, 5.74) is 2.15. The van der Waals surface area contributed by atoms with E-state index in [-0.39, 0.29) is 5.92 Å². The molecule has 0 saturated carbocycles. The van der Waals surface area contributed by atoms with Gasteiger partial charge in [-0.3, -0.25) is 0 Å². The number of hydrogen-bond acceptors (Lipinski definition) is 3. The monoisotopic (exact) mass is 284 g/mol. The van der Waals surface area contributed by atoms with Gasteiger partial charge in [-0.25, -0.2) is 0 Å². The van der Waals surface area contributed by atoms with E-state index >= 15 is 0 Å². The van der Waals surface area contributed by atoms with Crippen LogP contribution in [0.2, 0.25) is 0 Å². The molecule has 0 bridgehead atoms. The second-order valence-corrected chi connectivity index (χ2v) is 5.35. The van der Waals surface area contributed by atoms with E-state index in [0.717, 1.165) is 23.5 Å². The van der Waals surface area contributed by atoms with Gasteiger partial charge < -0.3 is 14.6 Å². The molecule has 21 heavy (non-hydrogen) atoms. The van der Waals surface area contributed by atoms with Gasteiger partial charge in [0.25, 0.3) is 0 Å². The molecule has 3 heteroatoms. The second kappa shape index (κ2) is 6.19. The second-order valence-electron chi connectivity index (χ2n) is 5.35. The third-order valence-corrected chi connectivity index (χ3v) is 3.90. The molecule has 0 aliphatic carbocycles. The highest BCUT2D eigenvalue weighted by molar-refractivity contribution is 5.39. The first-order valence-corrected chi connectivity index (χ1v) is 7.40. The summed E-state index contributed by atoms with van der Waals surface area (Å²) in [5.74, 6) is 2.07. The molecule has 1 aliphatic rings. The van der Waals surface area contributed by atoms with Crippen LogP contribution in [0.25, 0.3) is 0 Å². The molecule has 110 valence electrons. The van der Waals surface area contributed by atoms with Gasteiger partial charge in [-0.05, 0) is 30.2 Å². The molecule has 0 fully saturated rings. The molecular weight excluding hydrogens is 264 g/mol. The third-order valence-electron chi connectivity index (χ3n) is 3.90. The SMILES string of the molecule is CCC(O)c1ccc(OCC2COc3ccccc32)cc1. The van der Waals surface area contributed by atoms with Crippen LogP contribution in [0.4, 0.5) is 0 Å². The molecule has 1 aliphatic heterocycles. The number of rotatable bonds is 5. The van der Waals surface area contributed by atoms with Gasteiger partial charge in [0.05, 0.1) is 25.2 Å². The van der Waals surface area contributed by atoms with E-state index < -0.39 is 6.10 Å². The minimum Gasteiger partial charge on any atom is -0.493 e. The fraction of sp³-hybridized carbons (Fsp3) is 0.333. The number of aliphatic hydroxyl groups is 1. The standard InChI is InChI=1S/C18H20O3/c1-2-17(19)13-7-9-15(10-8-13)20-11-14-12-21-18-6-4-3-5-16(14)18/h3-10,14,17,19H,2,11-12H2,1H3. The van der Waals surface area contributed by atoms with Crippen LogP contribution in [-0.2, 0) is 0 Å². The molecule has 0 radical (unpaired) electrons. The van der Waals surface area contributed by atoms with Gasteiger partial charge in [0.15, 0.2) is 0 Å². The van der Waals surface area contributed by atoms with Gasteiger partial charge in [-0.1, -0.05) is 37.3 Å². The zero-order valence-electron chi connectivity index (χ0n) is 12.2. The number of ether oxygens (including phenoxy) is 2. The van der Waals surface area contributed by atoms with Crippen molar-refractivity contribution in [3.8, 4) is 11.5 Å². The Hall–Kier alpha value is -2.00. The molecule has 0 saturated heterocycles. The van der Waals surface area contributed by atoms with E-state index in [2.05, 4.69) is 6.07 Å². The maximum absolute atomic E-state index is 9.77. The van der Waals surface area contributed by atoms with Crippen molar-refractivity contribution in [1.82, 2.24) is 0 Å². The van der Waals surface area contributed by atoms with Crippen molar-refractivity contribution < 1.29 is 14.6 Å². The summed E-state index contributed by atoms with van der Waals surface area (Å²) in [5, 5.41) is 9.77. The van der Waals surface area contributed by atoms with Crippen molar-refractivity contribution in [3.05, 3.63) is 59.7 Å². The van der Waals surface area contributed by atoms with Gasteiger partial charge in [-0.2, -0.15) is 0 Å². The molecule has 0 aromatic heterocycles. The molecule has 2 aromatic rings. The maximum atomic E-state index is 9.77. The van der Waals surface area contributed by atoms with Gasteiger partial charge in [-0.15, -0.1) is 0 Å². The summed E-state index contributed by atoms with van der Waals surface area (Å²) >= 11 is 0. The zero-order chi connectivity index (χ0) is 14.7. The van der Waals surface area contributed by atoms with E-state index in [4.69, 9.17) is 9.47 Å². The lowest BCUT2D eigenvalue weighted by molar-refractivity contribution is 0.173. The van der Waals surface area contributed by atoms with E-state index in [1.807, 2.05) is 49.4 Å². The smallest absolute Gasteiger partial charge is 0.123 e. The molecular formula is C18H20O3. The van der Waals surface area contributed by atoms with Gasteiger partial charge >= 0.3 is 0 Å². The molecule has 2 unspecified atom stereocenters. The van der Waals surface area contributed by atoms with Gasteiger partial charge in [0, 0.05) is 5.56 Å². The van der Waals surface area contributed by atoms with Crippen molar-refractivity contribution in [3.63, 3.8) is 0 Å². The lowest BCUT2D eigenvalue weighted by Crippen LogP contribution is -2.11. The Morgan fingerprint density at radius 3 is 2.71 bits per heavy atom. The molecule has 1 heterocycles. The molecule has 2 atom stereocenters. The first-order chi connectivity index (χ1) is 10.3. The number of benzene rings is 2. The average molecular weight is 284 g/mol. The number of para-hydroxylation sites is 1. The summed E-state index contributed by atoms with van der Waals surface area (Å²) in [6.07, 6.45) is 0.324. The number of aliphatic hydroxyl groups excluding tert-OH is 1. The molecule has 2 aromatic carbocycles. The van der Waals surface area contributed by atoms with E-state index in [1.165, 1.54) is 5.56 Å². The van der Waals surface area contributed by atoms with Crippen LogP contribution in [0.3, 0.4) is 0 Å². The largest absolute Gasteiger partial charge is 0.493 e. The highest BCUT2D eigenvalue weighted by Gasteiger charge is 2.24. The van der Waals surface area contributed by atoms with E-state index in [0.29, 0.717) is 13.2 Å². The van der Waals surface area contributed by atoms with E-state index in [1.54, 1.807) is 0 Å². The van der Waals surface area contributed by atoms with Crippen molar-refractivity contribution in [1.29, 1.82) is 0 Å².